The molecular weight excluding hydrogens is 268 g/mol. The summed E-state index contributed by atoms with van der Waals surface area (Å²) in [6.45, 7) is 0.769. The number of hydrogen-bond acceptors (Lipinski definition) is 3. The Labute approximate surface area is 121 Å². The number of thiazole rings is 1. The highest BCUT2D eigenvalue weighted by Gasteiger charge is 2.11. The van der Waals surface area contributed by atoms with Crippen molar-refractivity contribution in [1.82, 2.24) is 9.88 Å². The molecule has 0 spiro atoms. The van der Waals surface area contributed by atoms with E-state index < -0.39 is 0 Å². The van der Waals surface area contributed by atoms with Crippen molar-refractivity contribution in [1.29, 1.82) is 0 Å². The van der Waals surface area contributed by atoms with E-state index in [0.29, 0.717) is 0 Å². The summed E-state index contributed by atoms with van der Waals surface area (Å²) in [5, 5.41) is 2.40. The van der Waals surface area contributed by atoms with E-state index in [1.807, 2.05) is 26.2 Å². The Morgan fingerprint density at radius 3 is 2.60 bits per heavy atom. The number of aromatic nitrogens is 1. The smallest absolute Gasteiger partial charge is 0.305 e. The number of hydrogen-bond donors (Lipinski definition) is 1. The lowest BCUT2D eigenvalue weighted by Gasteiger charge is -2.10. The van der Waals surface area contributed by atoms with Crippen molar-refractivity contribution in [2.75, 3.05) is 14.1 Å². The molecule has 3 nitrogen and oxygen atoms in total. The fourth-order valence-corrected chi connectivity index (χ4v) is 3.31. The second-order valence-electron chi connectivity index (χ2n) is 5.11. The number of nitrogens with zero attached hydrogens (tertiary/aromatic N) is 1. The minimum atomic E-state index is 0.00464. The second kappa shape index (κ2) is 5.23. The molecule has 0 saturated carbocycles. The van der Waals surface area contributed by atoms with Gasteiger partial charge in [-0.25, -0.2) is 0 Å². The number of benzene rings is 2. The predicted molar refractivity (Wildman–Crippen MR) is 85.3 cm³/mol. The summed E-state index contributed by atoms with van der Waals surface area (Å²) in [5.74, 6) is 0. The largest absolute Gasteiger partial charge is 0.312 e. The third-order valence-corrected chi connectivity index (χ3v) is 4.09. The highest BCUT2D eigenvalue weighted by molar-refractivity contribution is 7.09. The van der Waals surface area contributed by atoms with Gasteiger partial charge in [0.2, 0.25) is 0 Å². The maximum atomic E-state index is 11.7. The fraction of sp³-hybridized carbons (Fsp3) is 0.188. The average Bonchev–Trinajstić information content (AvgIpc) is 2.78. The molecule has 4 heteroatoms. The van der Waals surface area contributed by atoms with Crippen LogP contribution in [0.15, 0.2) is 47.3 Å². The van der Waals surface area contributed by atoms with Crippen molar-refractivity contribution in [3.05, 3.63) is 57.0 Å². The van der Waals surface area contributed by atoms with Gasteiger partial charge in [-0.1, -0.05) is 47.7 Å². The topological polar surface area (TPSA) is 36.1 Å². The summed E-state index contributed by atoms with van der Waals surface area (Å²) in [6, 6.07) is 14.5. The molecule has 0 atom stereocenters. The number of rotatable bonds is 3. The first-order chi connectivity index (χ1) is 9.63. The van der Waals surface area contributed by atoms with E-state index in [4.69, 9.17) is 0 Å². The molecule has 102 valence electrons. The van der Waals surface area contributed by atoms with Crippen LogP contribution in [0.3, 0.4) is 0 Å². The molecule has 1 aromatic heterocycles. The zero-order chi connectivity index (χ0) is 14.1. The molecule has 0 aliphatic heterocycles. The summed E-state index contributed by atoms with van der Waals surface area (Å²) < 4.78 is 0. The third kappa shape index (κ3) is 2.53. The van der Waals surface area contributed by atoms with Gasteiger partial charge in [-0.2, -0.15) is 0 Å². The Hall–Kier alpha value is -1.91. The van der Waals surface area contributed by atoms with Gasteiger partial charge in [0, 0.05) is 11.4 Å². The number of fused-ring (bicyclic) bond motifs is 1. The quantitative estimate of drug-likeness (QED) is 0.801. The van der Waals surface area contributed by atoms with Gasteiger partial charge in [-0.3, -0.25) is 4.79 Å². The second-order valence-corrected chi connectivity index (χ2v) is 6.18. The minimum absolute atomic E-state index is 0.00464. The van der Waals surface area contributed by atoms with Crippen LogP contribution in [-0.2, 0) is 6.54 Å². The van der Waals surface area contributed by atoms with Crippen molar-refractivity contribution < 1.29 is 0 Å². The molecule has 0 unspecified atom stereocenters. The summed E-state index contributed by atoms with van der Waals surface area (Å²) in [4.78, 5) is 17.8. The first-order valence-corrected chi connectivity index (χ1v) is 7.31. The van der Waals surface area contributed by atoms with Crippen LogP contribution >= 0.6 is 11.3 Å². The van der Waals surface area contributed by atoms with Gasteiger partial charge in [0.15, 0.2) is 0 Å². The Kier molecular flexibility index (Phi) is 3.42. The molecule has 2 aromatic carbocycles. The first kappa shape index (κ1) is 13.1. The monoisotopic (exact) mass is 284 g/mol. The Balaban J connectivity index is 2.12. The Morgan fingerprint density at radius 1 is 1.10 bits per heavy atom. The van der Waals surface area contributed by atoms with E-state index in [1.54, 1.807) is 0 Å². The molecule has 0 amide bonds. The minimum Gasteiger partial charge on any atom is -0.312 e. The molecule has 0 bridgehead atoms. The molecule has 0 saturated heterocycles. The molecule has 1 heterocycles. The Bertz CT molecular complexity index is 801. The van der Waals surface area contributed by atoms with Crippen LogP contribution in [0.5, 0.6) is 0 Å². The van der Waals surface area contributed by atoms with Crippen LogP contribution in [-0.4, -0.2) is 24.0 Å². The molecule has 0 aliphatic rings. The van der Waals surface area contributed by atoms with Gasteiger partial charge >= 0.3 is 4.87 Å². The predicted octanol–water partition coefficient (Wildman–Crippen LogP) is 3.32. The molecule has 0 aliphatic carbocycles. The molecule has 0 radical (unpaired) electrons. The standard InChI is InChI=1S/C16H16N2OS/c1-18(2)10-14-15(17-16(19)20-14)13-8-7-11-5-3-4-6-12(11)9-13/h3-9H,10H2,1-2H3,(H,17,19). The van der Waals surface area contributed by atoms with Gasteiger partial charge in [-0.15, -0.1) is 0 Å². The van der Waals surface area contributed by atoms with Gasteiger partial charge in [0.25, 0.3) is 0 Å². The summed E-state index contributed by atoms with van der Waals surface area (Å²) >= 11 is 1.29. The van der Waals surface area contributed by atoms with E-state index in [0.717, 1.165) is 22.7 Å². The molecule has 1 N–H and O–H groups in total. The number of aromatic amines is 1. The van der Waals surface area contributed by atoms with E-state index >= 15 is 0 Å². The van der Waals surface area contributed by atoms with Crippen molar-refractivity contribution >= 4 is 22.1 Å². The SMILES string of the molecule is CN(C)Cc1sc(=O)[nH]c1-c1ccc2ccccc2c1. The van der Waals surface area contributed by atoms with E-state index in [9.17, 15) is 4.79 Å². The lowest BCUT2D eigenvalue weighted by atomic mass is 10.0. The van der Waals surface area contributed by atoms with Crippen molar-refractivity contribution in [3.8, 4) is 11.3 Å². The van der Waals surface area contributed by atoms with Gasteiger partial charge in [0.05, 0.1) is 5.69 Å². The number of nitrogens with one attached hydrogen (secondary N) is 1. The van der Waals surface area contributed by atoms with Crippen molar-refractivity contribution in [3.63, 3.8) is 0 Å². The van der Waals surface area contributed by atoms with Gasteiger partial charge < -0.3 is 9.88 Å². The summed E-state index contributed by atoms with van der Waals surface area (Å²) in [5.41, 5.74) is 2.01. The van der Waals surface area contributed by atoms with Crippen LogP contribution in [0.4, 0.5) is 0 Å². The maximum absolute atomic E-state index is 11.7. The highest BCUT2D eigenvalue weighted by atomic mass is 32.1. The fourth-order valence-electron chi connectivity index (χ4n) is 2.34. The summed E-state index contributed by atoms with van der Waals surface area (Å²) in [6.07, 6.45) is 0. The van der Waals surface area contributed by atoms with Crippen molar-refractivity contribution in [2.24, 2.45) is 0 Å². The molecule has 0 fully saturated rings. The highest BCUT2D eigenvalue weighted by Crippen LogP contribution is 2.27. The van der Waals surface area contributed by atoms with Crippen LogP contribution < -0.4 is 4.87 Å². The number of H-pyrrole nitrogens is 1. The molecular formula is C16H16N2OS. The van der Waals surface area contributed by atoms with Crippen molar-refractivity contribution in [2.45, 2.75) is 6.54 Å². The first-order valence-electron chi connectivity index (χ1n) is 6.49. The zero-order valence-electron chi connectivity index (χ0n) is 11.5. The Morgan fingerprint density at radius 2 is 1.85 bits per heavy atom. The lowest BCUT2D eigenvalue weighted by Crippen LogP contribution is -2.10. The average molecular weight is 284 g/mol. The molecule has 3 aromatic rings. The molecule has 20 heavy (non-hydrogen) atoms. The van der Waals surface area contributed by atoms with E-state index in [2.05, 4.69) is 40.2 Å². The third-order valence-electron chi connectivity index (χ3n) is 3.22. The van der Waals surface area contributed by atoms with Gasteiger partial charge in [-0.05, 0) is 36.5 Å². The van der Waals surface area contributed by atoms with Crippen LogP contribution in [0, 0.1) is 0 Å². The van der Waals surface area contributed by atoms with Gasteiger partial charge in [0.1, 0.15) is 0 Å². The molecule has 3 rings (SSSR count). The normalized spacial score (nSPS) is 11.3. The van der Waals surface area contributed by atoms with E-state index in [1.165, 1.54) is 22.1 Å². The van der Waals surface area contributed by atoms with Crippen LogP contribution in [0.25, 0.3) is 22.0 Å². The summed E-state index contributed by atoms with van der Waals surface area (Å²) in [7, 11) is 4.02. The zero-order valence-corrected chi connectivity index (χ0v) is 12.3. The van der Waals surface area contributed by atoms with Crippen LogP contribution in [0.2, 0.25) is 0 Å². The maximum Gasteiger partial charge on any atom is 0.305 e. The van der Waals surface area contributed by atoms with Crippen LogP contribution in [0.1, 0.15) is 4.88 Å². The lowest BCUT2D eigenvalue weighted by molar-refractivity contribution is 0.406. The van der Waals surface area contributed by atoms with E-state index in [-0.39, 0.29) is 4.87 Å².